The van der Waals surface area contributed by atoms with Crippen molar-refractivity contribution in [3.05, 3.63) is 77.0 Å². The summed E-state index contributed by atoms with van der Waals surface area (Å²) in [7, 11) is 5.55. The topological polar surface area (TPSA) is 209 Å². The normalized spacial score (nSPS) is 11.1. The molecule has 0 saturated carbocycles. The molecule has 0 amide bonds. The third-order valence-corrected chi connectivity index (χ3v) is 6.81. The summed E-state index contributed by atoms with van der Waals surface area (Å²) >= 11 is 10.0. The minimum atomic E-state index is -0.424. The van der Waals surface area contributed by atoms with E-state index in [0.29, 0.717) is 22.6 Å². The Morgan fingerprint density at radius 2 is 0.957 bits per heavy atom. The van der Waals surface area contributed by atoms with Crippen LogP contribution in [0.5, 0.6) is 34.5 Å². The second-order valence-electron chi connectivity index (χ2n) is 9.25. The third kappa shape index (κ3) is 8.69. The molecule has 19 heteroatoms. The van der Waals surface area contributed by atoms with Gasteiger partial charge in [0.2, 0.25) is 9.54 Å². The Morgan fingerprint density at radius 1 is 0.681 bits per heavy atom. The smallest absolute Gasteiger partial charge is 0.867 e. The van der Waals surface area contributed by atoms with E-state index in [4.69, 9.17) is 43.4 Å². The molecule has 0 spiro atoms. The molecule has 0 atom stereocenters. The Morgan fingerprint density at radius 3 is 1.21 bits per heavy atom. The zero-order chi connectivity index (χ0) is 34.3. The molecule has 0 aliphatic heterocycles. The molecule has 2 heterocycles. The van der Waals surface area contributed by atoms with E-state index in [2.05, 4.69) is 30.6 Å². The van der Waals surface area contributed by atoms with Gasteiger partial charge in [0.15, 0.2) is 0 Å². The van der Waals surface area contributed by atoms with E-state index < -0.39 is 11.1 Å². The molecule has 4 rings (SSSR count). The van der Waals surface area contributed by atoms with E-state index in [0.717, 1.165) is 9.35 Å². The number of aromatic nitrogens is 6. The van der Waals surface area contributed by atoms with Crippen molar-refractivity contribution in [2.75, 3.05) is 28.4 Å². The van der Waals surface area contributed by atoms with Gasteiger partial charge in [-0.1, -0.05) is 0 Å². The van der Waals surface area contributed by atoms with E-state index >= 15 is 0 Å². The number of hydrogen-bond donors (Lipinski definition) is 2. The van der Waals surface area contributed by atoms with Gasteiger partial charge in [0.05, 0.1) is 39.9 Å². The molecule has 47 heavy (non-hydrogen) atoms. The van der Waals surface area contributed by atoms with Crippen LogP contribution in [0.1, 0.15) is 36.4 Å². The summed E-state index contributed by atoms with van der Waals surface area (Å²) < 4.78 is 22.4. The average Bonchev–Trinajstić information content (AvgIpc) is 3.05. The molecule has 0 aliphatic rings. The number of benzene rings is 2. The molecule has 4 aromatic rings. The molecule has 2 aromatic heterocycles. The third-order valence-electron chi connectivity index (χ3n) is 6.28. The minimum Gasteiger partial charge on any atom is -0.867 e. The van der Waals surface area contributed by atoms with E-state index in [-0.39, 0.29) is 71.9 Å². The van der Waals surface area contributed by atoms with Gasteiger partial charge in [-0.15, -0.1) is 0 Å². The van der Waals surface area contributed by atoms with Gasteiger partial charge in [0.1, 0.15) is 34.4 Å². The van der Waals surface area contributed by atoms with Crippen LogP contribution >= 0.6 is 24.4 Å². The van der Waals surface area contributed by atoms with Crippen LogP contribution in [0.3, 0.4) is 0 Å². The number of aryl methyl sites for hydroxylation is 2. The molecule has 252 valence electrons. The van der Waals surface area contributed by atoms with Crippen LogP contribution in [-0.2, 0) is 16.5 Å². The number of methoxy groups -OCH3 is 4. The molecule has 2 N–H and O–H groups in total. The van der Waals surface area contributed by atoms with E-state index in [9.17, 15) is 19.8 Å². The van der Waals surface area contributed by atoms with Crippen molar-refractivity contribution < 1.29 is 45.7 Å². The van der Waals surface area contributed by atoms with E-state index in [1.54, 1.807) is 27.7 Å². The van der Waals surface area contributed by atoms with Crippen molar-refractivity contribution in [1.29, 1.82) is 0 Å². The van der Waals surface area contributed by atoms with Crippen molar-refractivity contribution >= 4 is 35.9 Å². The summed E-state index contributed by atoms with van der Waals surface area (Å²) in [6, 6.07) is 6.09. The SMILES string of the molecule is COc1cc(C(C)=Nn2c(=S)[nH]nc(C)c2=O)cc(OC)c1[O-].COc1cc(C(C)=Nn2c(=S)[nH]nc(C)c2=O)cc(OC)c1[O-].[Ni+2]. The maximum Gasteiger partial charge on any atom is 2.00 e. The summed E-state index contributed by atoms with van der Waals surface area (Å²) in [6.45, 7) is 6.45. The van der Waals surface area contributed by atoms with Gasteiger partial charge in [-0.3, -0.25) is 19.8 Å². The molecule has 0 fully saturated rings. The fourth-order valence-electron chi connectivity index (χ4n) is 3.72. The predicted octanol–water partition coefficient (Wildman–Crippen LogP) is 1.94. The first kappa shape index (κ1) is 38.3. The van der Waals surface area contributed by atoms with E-state index in [1.807, 2.05) is 0 Å². The Bertz CT molecular complexity index is 1870. The number of ether oxygens (including phenoxy) is 4. The monoisotopic (exact) mass is 728 g/mol. The summed E-state index contributed by atoms with van der Waals surface area (Å²) in [4.78, 5) is 24.1. The molecular weight excluding hydrogens is 699 g/mol. The number of H-pyrrole nitrogens is 2. The van der Waals surface area contributed by atoms with E-state index in [1.165, 1.54) is 52.7 Å². The zero-order valence-corrected chi connectivity index (χ0v) is 29.0. The molecule has 0 saturated heterocycles. The van der Waals surface area contributed by atoms with Crippen molar-refractivity contribution in [1.82, 2.24) is 29.7 Å². The molecule has 16 nitrogen and oxygen atoms in total. The summed E-state index contributed by atoms with van der Waals surface area (Å²) in [5.74, 6) is -0.231. The van der Waals surface area contributed by atoms with Gasteiger partial charge in [-0.2, -0.15) is 29.8 Å². The number of rotatable bonds is 8. The Kier molecular flexibility index (Phi) is 13.6. The van der Waals surface area contributed by atoms with Gasteiger partial charge >= 0.3 is 16.5 Å². The van der Waals surface area contributed by atoms with Crippen LogP contribution in [0, 0.1) is 23.4 Å². The molecule has 2 aromatic carbocycles. The maximum atomic E-state index is 12.1. The fraction of sp³-hybridized carbons (Fsp3) is 0.286. The van der Waals surface area contributed by atoms with Gasteiger partial charge in [0, 0.05) is 11.1 Å². The fourth-order valence-corrected chi connectivity index (χ4v) is 4.06. The van der Waals surface area contributed by atoms with Crippen LogP contribution in [0.25, 0.3) is 0 Å². The van der Waals surface area contributed by atoms with Crippen LogP contribution < -0.4 is 40.3 Å². The van der Waals surface area contributed by atoms with Gasteiger partial charge in [-0.05, 0) is 87.9 Å². The van der Waals surface area contributed by atoms with Crippen molar-refractivity contribution in [3.63, 3.8) is 0 Å². The van der Waals surface area contributed by atoms with Crippen LogP contribution in [0.4, 0.5) is 0 Å². The number of nitrogens with zero attached hydrogens (tertiary/aromatic N) is 6. The second-order valence-corrected chi connectivity index (χ2v) is 10.0. The van der Waals surface area contributed by atoms with Crippen molar-refractivity contribution in [3.8, 4) is 34.5 Å². The van der Waals surface area contributed by atoms with Gasteiger partial charge in [-0.25, -0.2) is 0 Å². The average molecular weight is 729 g/mol. The molecule has 0 aliphatic carbocycles. The first-order valence-corrected chi connectivity index (χ1v) is 13.9. The Balaban J connectivity index is 0.000000320. The zero-order valence-electron chi connectivity index (χ0n) is 26.4. The molecular formula is C28H30N8NiO8S2. The largest absolute Gasteiger partial charge is 2.00 e. The number of hydrogen-bond acceptors (Lipinski definition) is 14. The minimum absolute atomic E-state index is 0. The Labute approximate surface area is 288 Å². The van der Waals surface area contributed by atoms with Crippen LogP contribution in [0.2, 0.25) is 0 Å². The van der Waals surface area contributed by atoms with Crippen molar-refractivity contribution in [2.45, 2.75) is 27.7 Å². The predicted molar refractivity (Wildman–Crippen MR) is 170 cm³/mol. The van der Waals surface area contributed by atoms with Crippen LogP contribution in [-0.4, -0.2) is 69.6 Å². The molecule has 0 bridgehead atoms. The Hall–Kier alpha value is -4.87. The first-order chi connectivity index (χ1) is 21.8. The first-order valence-electron chi connectivity index (χ1n) is 13.1. The second kappa shape index (κ2) is 16.6. The molecule has 0 radical (unpaired) electrons. The molecule has 0 unspecified atom stereocenters. The number of nitrogens with one attached hydrogen (secondary N) is 2. The van der Waals surface area contributed by atoms with Crippen LogP contribution in [0.15, 0.2) is 44.1 Å². The van der Waals surface area contributed by atoms with Crippen molar-refractivity contribution in [2.24, 2.45) is 10.2 Å². The summed E-state index contributed by atoms with van der Waals surface area (Å²) in [5.41, 5.74) is 1.66. The van der Waals surface area contributed by atoms with Gasteiger partial charge < -0.3 is 29.2 Å². The summed E-state index contributed by atoms with van der Waals surface area (Å²) in [5, 5.41) is 44.9. The summed E-state index contributed by atoms with van der Waals surface area (Å²) in [6.07, 6.45) is 0. The standard InChI is InChI=1S/2C14H16N4O4S.Ni/c2*1-7(17-18-13(20)8(2)15-16-14(18)23)9-5-10(21-3)12(19)11(6-9)22-4;/h2*5-6,19H,1-4H3,(H,16,23);/q;;+2/p-2. The van der Waals surface area contributed by atoms with Gasteiger partial charge in [0.25, 0.3) is 11.1 Å². The maximum absolute atomic E-state index is 12.1. The number of aromatic amines is 2. The quantitative estimate of drug-likeness (QED) is 0.152.